The molecule has 4 nitrogen and oxygen atoms in total. The summed E-state index contributed by atoms with van der Waals surface area (Å²) in [4.78, 5) is 0. The average Bonchev–Trinajstić information content (AvgIpc) is 3.13. The van der Waals surface area contributed by atoms with E-state index in [2.05, 4.69) is 49.3 Å². The highest BCUT2D eigenvalue weighted by Crippen LogP contribution is 2.42. The van der Waals surface area contributed by atoms with Crippen molar-refractivity contribution in [3.05, 3.63) is 53.1 Å². The number of para-hydroxylation sites is 1. The summed E-state index contributed by atoms with van der Waals surface area (Å²) in [5.41, 5.74) is 7.10. The highest BCUT2D eigenvalue weighted by Gasteiger charge is 2.33. The molecule has 0 aliphatic heterocycles. The molecule has 0 fully saturated rings. The Morgan fingerprint density at radius 1 is 1.21 bits per heavy atom. The van der Waals surface area contributed by atoms with Crippen LogP contribution in [0.3, 0.4) is 0 Å². The van der Waals surface area contributed by atoms with Crippen molar-refractivity contribution in [2.75, 3.05) is 7.11 Å². The molecular weight excluding hydrogens is 298 g/mol. The van der Waals surface area contributed by atoms with E-state index in [4.69, 9.17) is 4.74 Å². The highest BCUT2D eigenvalue weighted by atomic mass is 16.5. The Hall–Kier alpha value is -2.20. The Kier molecular flexibility index (Phi) is 3.65. The second kappa shape index (κ2) is 5.71. The van der Waals surface area contributed by atoms with E-state index in [1.165, 1.54) is 16.7 Å². The van der Waals surface area contributed by atoms with Crippen molar-refractivity contribution in [3.63, 3.8) is 0 Å². The molecule has 0 saturated heterocycles. The van der Waals surface area contributed by atoms with Crippen molar-refractivity contribution in [1.82, 2.24) is 15.0 Å². The molecule has 1 aliphatic carbocycles. The number of aromatic nitrogens is 3. The van der Waals surface area contributed by atoms with Crippen molar-refractivity contribution in [1.29, 1.82) is 0 Å². The zero-order chi connectivity index (χ0) is 16.8. The van der Waals surface area contributed by atoms with E-state index in [0.29, 0.717) is 11.8 Å². The molecule has 2 aromatic carbocycles. The van der Waals surface area contributed by atoms with E-state index >= 15 is 0 Å². The van der Waals surface area contributed by atoms with E-state index < -0.39 is 0 Å². The smallest absolute Gasteiger partial charge is 0.113 e. The van der Waals surface area contributed by atoms with Crippen LogP contribution in [0.5, 0.6) is 0 Å². The molecule has 1 heterocycles. The molecule has 0 N–H and O–H groups in total. The first-order chi connectivity index (χ1) is 11.6. The van der Waals surface area contributed by atoms with Gasteiger partial charge in [-0.2, -0.15) is 0 Å². The van der Waals surface area contributed by atoms with Gasteiger partial charge in [0.15, 0.2) is 0 Å². The minimum absolute atomic E-state index is 0.159. The SMILES string of the molecule is COC1c2cc(C(C)C)cc(-n3nnc4ccccc43)c2CC1C. The molecule has 2 atom stereocenters. The lowest BCUT2D eigenvalue weighted by molar-refractivity contribution is 0.0694. The van der Waals surface area contributed by atoms with E-state index in [-0.39, 0.29) is 6.10 Å². The van der Waals surface area contributed by atoms with Crippen molar-refractivity contribution in [2.24, 2.45) is 5.92 Å². The fourth-order valence-corrected chi connectivity index (χ4v) is 3.84. The van der Waals surface area contributed by atoms with Crippen LogP contribution >= 0.6 is 0 Å². The Morgan fingerprint density at radius 2 is 2.00 bits per heavy atom. The van der Waals surface area contributed by atoms with Gasteiger partial charge >= 0.3 is 0 Å². The van der Waals surface area contributed by atoms with Crippen molar-refractivity contribution >= 4 is 11.0 Å². The summed E-state index contributed by atoms with van der Waals surface area (Å²) >= 11 is 0. The average molecular weight is 321 g/mol. The molecule has 0 amide bonds. The minimum atomic E-state index is 0.159. The van der Waals surface area contributed by atoms with Crippen LogP contribution in [0.4, 0.5) is 0 Å². The first-order valence-electron chi connectivity index (χ1n) is 8.60. The lowest BCUT2D eigenvalue weighted by atomic mass is 9.96. The second-order valence-corrected chi connectivity index (χ2v) is 7.09. The third-order valence-electron chi connectivity index (χ3n) is 5.13. The van der Waals surface area contributed by atoms with Crippen LogP contribution in [0.1, 0.15) is 49.5 Å². The summed E-state index contributed by atoms with van der Waals surface area (Å²) in [7, 11) is 1.81. The van der Waals surface area contributed by atoms with Crippen molar-refractivity contribution in [3.8, 4) is 5.69 Å². The van der Waals surface area contributed by atoms with Gasteiger partial charge in [-0.15, -0.1) is 5.10 Å². The lowest BCUT2D eigenvalue weighted by Crippen LogP contribution is -2.06. The highest BCUT2D eigenvalue weighted by molar-refractivity contribution is 5.76. The lowest BCUT2D eigenvalue weighted by Gasteiger charge is -2.17. The van der Waals surface area contributed by atoms with Crippen LogP contribution in [-0.2, 0) is 11.2 Å². The molecule has 0 saturated carbocycles. The van der Waals surface area contributed by atoms with Crippen LogP contribution in [0.25, 0.3) is 16.7 Å². The topological polar surface area (TPSA) is 39.9 Å². The summed E-state index contributed by atoms with van der Waals surface area (Å²) in [6.07, 6.45) is 1.17. The zero-order valence-corrected chi connectivity index (χ0v) is 14.7. The van der Waals surface area contributed by atoms with E-state index in [1.807, 2.05) is 30.0 Å². The van der Waals surface area contributed by atoms with Gasteiger partial charge in [0.2, 0.25) is 0 Å². The molecular formula is C20H23N3O. The zero-order valence-electron chi connectivity index (χ0n) is 14.7. The number of hydrogen-bond acceptors (Lipinski definition) is 3. The number of nitrogens with zero attached hydrogens (tertiary/aromatic N) is 3. The van der Waals surface area contributed by atoms with E-state index in [0.717, 1.165) is 23.1 Å². The fraction of sp³-hybridized carbons (Fsp3) is 0.400. The Balaban J connectivity index is 1.99. The number of methoxy groups -OCH3 is 1. The van der Waals surface area contributed by atoms with E-state index in [1.54, 1.807) is 0 Å². The third kappa shape index (κ3) is 2.25. The third-order valence-corrected chi connectivity index (χ3v) is 5.13. The maximum atomic E-state index is 5.80. The quantitative estimate of drug-likeness (QED) is 0.717. The molecule has 4 rings (SSSR count). The molecule has 0 bridgehead atoms. The summed E-state index contributed by atoms with van der Waals surface area (Å²) in [6, 6.07) is 12.7. The van der Waals surface area contributed by atoms with Gasteiger partial charge in [0.05, 0.1) is 17.3 Å². The molecule has 1 aliphatic rings. The first kappa shape index (κ1) is 15.3. The van der Waals surface area contributed by atoms with Crippen LogP contribution in [0.2, 0.25) is 0 Å². The molecule has 124 valence electrons. The number of rotatable bonds is 3. The summed E-state index contributed by atoms with van der Waals surface area (Å²) < 4.78 is 7.79. The molecule has 4 heteroatoms. The van der Waals surface area contributed by atoms with Crippen molar-refractivity contribution < 1.29 is 4.74 Å². The monoisotopic (exact) mass is 321 g/mol. The normalized spacial score (nSPS) is 20.0. The number of hydrogen-bond donors (Lipinski definition) is 0. The predicted octanol–water partition coefficient (Wildman–Crippen LogP) is 4.42. The standard InChI is InChI=1S/C20H23N3O/c1-12(2)14-10-16-15(9-13(3)20(16)24-4)19(11-14)23-18-8-6-5-7-17(18)21-22-23/h5-8,10-13,20H,9H2,1-4H3. The van der Waals surface area contributed by atoms with Crippen molar-refractivity contribution in [2.45, 2.75) is 39.2 Å². The number of benzene rings is 2. The second-order valence-electron chi connectivity index (χ2n) is 7.09. The first-order valence-corrected chi connectivity index (χ1v) is 8.60. The Bertz CT molecular complexity index is 897. The molecule has 24 heavy (non-hydrogen) atoms. The van der Waals surface area contributed by atoms with Gasteiger partial charge in [-0.05, 0) is 53.1 Å². The molecule has 0 spiro atoms. The molecule has 0 radical (unpaired) electrons. The Labute approximate surface area is 142 Å². The van der Waals surface area contributed by atoms with Gasteiger partial charge in [0.1, 0.15) is 5.52 Å². The molecule has 2 unspecified atom stereocenters. The summed E-state index contributed by atoms with van der Waals surface area (Å²) in [5, 5.41) is 8.78. The number of fused-ring (bicyclic) bond motifs is 2. The fourth-order valence-electron chi connectivity index (χ4n) is 3.84. The van der Waals surface area contributed by atoms with Gasteiger partial charge in [0, 0.05) is 7.11 Å². The minimum Gasteiger partial charge on any atom is -0.376 e. The van der Waals surface area contributed by atoms with Gasteiger partial charge in [-0.25, -0.2) is 4.68 Å². The van der Waals surface area contributed by atoms with Crippen LogP contribution < -0.4 is 0 Å². The van der Waals surface area contributed by atoms with E-state index in [9.17, 15) is 0 Å². The van der Waals surface area contributed by atoms with Gasteiger partial charge in [-0.1, -0.05) is 44.2 Å². The number of ether oxygens (including phenoxy) is 1. The predicted molar refractivity (Wildman–Crippen MR) is 95.6 cm³/mol. The summed E-state index contributed by atoms with van der Waals surface area (Å²) in [6.45, 7) is 6.71. The van der Waals surface area contributed by atoms with Crippen LogP contribution in [0, 0.1) is 5.92 Å². The maximum Gasteiger partial charge on any atom is 0.113 e. The van der Waals surface area contributed by atoms with Crippen LogP contribution in [-0.4, -0.2) is 22.1 Å². The maximum absolute atomic E-state index is 5.80. The van der Waals surface area contributed by atoms with Gasteiger partial charge < -0.3 is 4.74 Å². The molecule has 3 aromatic rings. The Morgan fingerprint density at radius 3 is 2.75 bits per heavy atom. The largest absolute Gasteiger partial charge is 0.376 e. The van der Waals surface area contributed by atoms with Gasteiger partial charge in [-0.3, -0.25) is 0 Å². The van der Waals surface area contributed by atoms with Gasteiger partial charge in [0.25, 0.3) is 0 Å². The van der Waals surface area contributed by atoms with Crippen LogP contribution in [0.15, 0.2) is 36.4 Å². The molecule has 1 aromatic heterocycles. The summed E-state index contributed by atoms with van der Waals surface area (Å²) in [5.74, 6) is 0.929.